The Balaban J connectivity index is 1.89. The van der Waals surface area contributed by atoms with E-state index in [0.29, 0.717) is 12.5 Å². The first-order valence-corrected chi connectivity index (χ1v) is 9.91. The van der Waals surface area contributed by atoms with Crippen LogP contribution in [0, 0.1) is 5.92 Å². The van der Waals surface area contributed by atoms with Gasteiger partial charge in [0.05, 0.1) is 12.9 Å². The van der Waals surface area contributed by atoms with Crippen LogP contribution in [0.1, 0.15) is 44.2 Å². The molecule has 27 heavy (non-hydrogen) atoms. The quantitative estimate of drug-likeness (QED) is 0.419. The highest BCUT2D eigenvalue weighted by molar-refractivity contribution is 5.79. The second kappa shape index (κ2) is 12.1. The summed E-state index contributed by atoms with van der Waals surface area (Å²) in [4.78, 5) is 8.77. The van der Waals surface area contributed by atoms with Crippen molar-refractivity contribution in [3.63, 3.8) is 0 Å². The smallest absolute Gasteiger partial charge is 0.191 e. The zero-order valence-corrected chi connectivity index (χ0v) is 16.6. The van der Waals surface area contributed by atoms with Crippen LogP contribution in [0.4, 0.5) is 0 Å². The Morgan fingerprint density at radius 3 is 2.56 bits per heavy atom. The molecule has 2 rings (SSSR count). The van der Waals surface area contributed by atoms with E-state index in [9.17, 15) is 5.11 Å². The maximum absolute atomic E-state index is 9.21. The van der Waals surface area contributed by atoms with Crippen LogP contribution in [-0.2, 0) is 13.1 Å². The van der Waals surface area contributed by atoms with Crippen molar-refractivity contribution in [1.29, 1.82) is 0 Å². The average molecular weight is 372 g/mol. The van der Waals surface area contributed by atoms with Crippen molar-refractivity contribution in [2.24, 2.45) is 10.9 Å². The number of nitrogens with one attached hydrogen (secondary N) is 2. The number of nitrogens with zero attached hydrogens (tertiary/aromatic N) is 3. The lowest BCUT2D eigenvalue weighted by Gasteiger charge is -2.18. The minimum absolute atomic E-state index is 0.242. The highest BCUT2D eigenvalue weighted by Gasteiger charge is 2.08. The SMILES string of the molecule is CCCC(CCO)CNC(=NCc1ccc(Cn2ccnc2)cc1)NCC. The molecule has 0 aliphatic carbocycles. The average Bonchev–Trinajstić information content (AvgIpc) is 3.18. The topological polar surface area (TPSA) is 74.5 Å². The summed E-state index contributed by atoms with van der Waals surface area (Å²) >= 11 is 0. The van der Waals surface area contributed by atoms with Crippen LogP contribution in [0.3, 0.4) is 0 Å². The number of benzene rings is 1. The van der Waals surface area contributed by atoms with E-state index in [2.05, 4.69) is 58.3 Å². The van der Waals surface area contributed by atoms with Crippen LogP contribution >= 0.6 is 0 Å². The Morgan fingerprint density at radius 1 is 1.15 bits per heavy atom. The fourth-order valence-corrected chi connectivity index (χ4v) is 3.03. The van der Waals surface area contributed by atoms with E-state index in [1.165, 1.54) is 11.1 Å². The Morgan fingerprint density at radius 2 is 1.93 bits per heavy atom. The van der Waals surface area contributed by atoms with Crippen molar-refractivity contribution in [3.8, 4) is 0 Å². The van der Waals surface area contributed by atoms with E-state index in [0.717, 1.165) is 44.9 Å². The van der Waals surface area contributed by atoms with Crippen LogP contribution in [0.2, 0.25) is 0 Å². The van der Waals surface area contributed by atoms with Gasteiger partial charge in [-0.15, -0.1) is 0 Å². The molecule has 0 aliphatic rings. The normalized spacial score (nSPS) is 12.8. The Kier molecular flexibility index (Phi) is 9.41. The standard InChI is InChI=1S/C21H33N5O/c1-3-5-18(10-13-27)14-24-21(23-4-2)25-15-19-6-8-20(9-7-19)16-26-12-11-22-17-26/h6-9,11-12,17-18,27H,3-5,10,13-16H2,1-2H3,(H2,23,24,25). The Labute approximate surface area is 162 Å². The second-order valence-corrected chi connectivity index (χ2v) is 6.79. The number of aliphatic hydroxyl groups is 1. The van der Waals surface area contributed by atoms with E-state index < -0.39 is 0 Å². The van der Waals surface area contributed by atoms with E-state index in [1.807, 2.05) is 12.5 Å². The highest BCUT2D eigenvalue weighted by atomic mass is 16.3. The number of rotatable bonds is 11. The van der Waals surface area contributed by atoms with Crippen LogP contribution in [0.25, 0.3) is 0 Å². The van der Waals surface area contributed by atoms with Crippen molar-refractivity contribution in [2.75, 3.05) is 19.7 Å². The van der Waals surface area contributed by atoms with Gasteiger partial charge in [-0.05, 0) is 36.8 Å². The van der Waals surface area contributed by atoms with Crippen LogP contribution < -0.4 is 10.6 Å². The fraction of sp³-hybridized carbons (Fsp3) is 0.524. The molecule has 3 N–H and O–H groups in total. The summed E-state index contributed by atoms with van der Waals surface area (Å²) in [7, 11) is 0. The number of aromatic nitrogens is 2. The summed E-state index contributed by atoms with van der Waals surface area (Å²) in [5, 5.41) is 15.9. The molecule has 6 heteroatoms. The molecule has 0 spiro atoms. The van der Waals surface area contributed by atoms with Gasteiger partial charge in [-0.25, -0.2) is 9.98 Å². The van der Waals surface area contributed by atoms with E-state index in [4.69, 9.17) is 4.99 Å². The van der Waals surface area contributed by atoms with Gasteiger partial charge in [0.1, 0.15) is 0 Å². The minimum Gasteiger partial charge on any atom is -0.396 e. The molecule has 1 aromatic heterocycles. The molecule has 1 aromatic carbocycles. The largest absolute Gasteiger partial charge is 0.396 e. The summed E-state index contributed by atoms with van der Waals surface area (Å²) in [6, 6.07) is 8.55. The van der Waals surface area contributed by atoms with Crippen molar-refractivity contribution in [3.05, 3.63) is 54.1 Å². The van der Waals surface area contributed by atoms with Gasteiger partial charge in [0, 0.05) is 38.6 Å². The summed E-state index contributed by atoms with van der Waals surface area (Å²) in [5.74, 6) is 1.31. The number of aliphatic hydroxyl groups excluding tert-OH is 1. The first-order chi connectivity index (χ1) is 13.2. The van der Waals surface area contributed by atoms with Gasteiger partial charge in [-0.1, -0.05) is 37.6 Å². The molecule has 0 saturated carbocycles. The summed E-state index contributed by atoms with van der Waals surface area (Å²) in [6.45, 7) is 7.62. The van der Waals surface area contributed by atoms with Crippen LogP contribution in [-0.4, -0.2) is 40.3 Å². The van der Waals surface area contributed by atoms with Crippen molar-refractivity contribution in [2.45, 2.75) is 46.2 Å². The van der Waals surface area contributed by atoms with Crippen LogP contribution in [0.15, 0.2) is 48.0 Å². The van der Waals surface area contributed by atoms with Gasteiger partial charge in [-0.2, -0.15) is 0 Å². The predicted octanol–water partition coefficient (Wildman–Crippen LogP) is 2.79. The lowest BCUT2D eigenvalue weighted by molar-refractivity contribution is 0.251. The molecule has 1 heterocycles. The maximum Gasteiger partial charge on any atom is 0.191 e. The van der Waals surface area contributed by atoms with Gasteiger partial charge >= 0.3 is 0 Å². The molecular weight excluding hydrogens is 338 g/mol. The molecular formula is C21H33N5O. The van der Waals surface area contributed by atoms with E-state index in [1.54, 1.807) is 6.20 Å². The summed E-state index contributed by atoms with van der Waals surface area (Å²) in [5.41, 5.74) is 2.43. The van der Waals surface area contributed by atoms with Crippen molar-refractivity contribution in [1.82, 2.24) is 20.2 Å². The number of aliphatic imine (C=N–C) groups is 1. The molecule has 0 fully saturated rings. The van der Waals surface area contributed by atoms with Gasteiger partial charge < -0.3 is 20.3 Å². The third-order valence-electron chi connectivity index (χ3n) is 4.50. The zero-order chi connectivity index (χ0) is 19.3. The van der Waals surface area contributed by atoms with Crippen LogP contribution in [0.5, 0.6) is 0 Å². The lowest BCUT2D eigenvalue weighted by Crippen LogP contribution is -2.40. The minimum atomic E-state index is 0.242. The first kappa shape index (κ1) is 21.0. The molecule has 0 radical (unpaired) electrons. The number of imidazole rings is 1. The van der Waals surface area contributed by atoms with Crippen molar-refractivity contribution < 1.29 is 5.11 Å². The molecule has 0 saturated heterocycles. The molecule has 0 amide bonds. The highest BCUT2D eigenvalue weighted by Crippen LogP contribution is 2.10. The monoisotopic (exact) mass is 371 g/mol. The third-order valence-corrected chi connectivity index (χ3v) is 4.50. The number of guanidine groups is 1. The second-order valence-electron chi connectivity index (χ2n) is 6.79. The molecule has 6 nitrogen and oxygen atoms in total. The summed E-state index contributed by atoms with van der Waals surface area (Å²) in [6.07, 6.45) is 8.67. The number of hydrogen-bond donors (Lipinski definition) is 3. The number of hydrogen-bond acceptors (Lipinski definition) is 3. The van der Waals surface area contributed by atoms with Gasteiger partial charge in [0.2, 0.25) is 0 Å². The third kappa shape index (κ3) is 7.83. The molecule has 2 aromatic rings. The Hall–Kier alpha value is -2.34. The molecule has 1 atom stereocenters. The maximum atomic E-state index is 9.21. The lowest BCUT2D eigenvalue weighted by atomic mass is 10.0. The van der Waals surface area contributed by atoms with Crippen molar-refractivity contribution >= 4 is 5.96 Å². The van der Waals surface area contributed by atoms with Gasteiger partial charge in [-0.3, -0.25) is 0 Å². The van der Waals surface area contributed by atoms with E-state index in [-0.39, 0.29) is 6.61 Å². The molecule has 0 bridgehead atoms. The van der Waals surface area contributed by atoms with E-state index >= 15 is 0 Å². The summed E-state index contributed by atoms with van der Waals surface area (Å²) < 4.78 is 2.06. The fourth-order valence-electron chi connectivity index (χ4n) is 3.03. The zero-order valence-electron chi connectivity index (χ0n) is 16.6. The first-order valence-electron chi connectivity index (χ1n) is 9.91. The Bertz CT molecular complexity index is 646. The van der Waals surface area contributed by atoms with Gasteiger partial charge in [0.25, 0.3) is 0 Å². The molecule has 148 valence electrons. The van der Waals surface area contributed by atoms with Gasteiger partial charge in [0.15, 0.2) is 5.96 Å². The molecule has 0 aliphatic heterocycles. The predicted molar refractivity (Wildman–Crippen MR) is 111 cm³/mol. The molecule has 1 unspecified atom stereocenters.